The van der Waals surface area contributed by atoms with E-state index in [1.54, 1.807) is 19.1 Å². The van der Waals surface area contributed by atoms with Crippen molar-refractivity contribution in [2.45, 2.75) is 13.0 Å². The van der Waals surface area contributed by atoms with Crippen LogP contribution in [0.2, 0.25) is 5.02 Å². The molecule has 1 aromatic carbocycles. The van der Waals surface area contributed by atoms with Crippen LogP contribution in [-0.2, 0) is 0 Å². The van der Waals surface area contributed by atoms with E-state index >= 15 is 0 Å². The molecule has 0 aliphatic heterocycles. The molecule has 1 N–H and O–H groups in total. The lowest BCUT2D eigenvalue weighted by Crippen LogP contribution is -1.93. The smallest absolute Gasteiger partial charge is 0.219 e. The summed E-state index contributed by atoms with van der Waals surface area (Å²) in [5.41, 5.74) is 0.694. The fourth-order valence-corrected chi connectivity index (χ4v) is 1.53. The largest absolute Gasteiger partial charge is 0.439 e. The van der Waals surface area contributed by atoms with Gasteiger partial charge in [0.25, 0.3) is 0 Å². The minimum Gasteiger partial charge on any atom is -0.439 e. The van der Waals surface area contributed by atoms with Gasteiger partial charge < -0.3 is 9.84 Å². The van der Waals surface area contributed by atoms with E-state index in [9.17, 15) is 9.50 Å². The molecule has 1 heterocycles. The normalized spacial score (nSPS) is 12.2. The monoisotopic (exact) mass is 267 g/mol. The summed E-state index contributed by atoms with van der Waals surface area (Å²) in [6.07, 6.45) is 0.942. The average molecular weight is 268 g/mol. The molecule has 5 heteroatoms. The molecule has 1 atom stereocenters. The van der Waals surface area contributed by atoms with E-state index in [0.29, 0.717) is 17.2 Å². The molecule has 2 aromatic rings. The van der Waals surface area contributed by atoms with Gasteiger partial charge in [-0.05, 0) is 30.7 Å². The third kappa shape index (κ3) is 2.97. The van der Waals surface area contributed by atoms with Crippen molar-refractivity contribution in [2.24, 2.45) is 0 Å². The highest BCUT2D eigenvalue weighted by molar-refractivity contribution is 6.30. The summed E-state index contributed by atoms with van der Waals surface area (Å²) in [5, 5.41) is 9.32. The third-order valence-electron chi connectivity index (χ3n) is 2.36. The number of aliphatic hydroxyl groups is 1. The third-order valence-corrected chi connectivity index (χ3v) is 2.64. The fourth-order valence-electron chi connectivity index (χ4n) is 1.36. The maximum Gasteiger partial charge on any atom is 0.219 e. The molecule has 0 unspecified atom stereocenters. The van der Waals surface area contributed by atoms with E-state index in [2.05, 4.69) is 4.98 Å². The van der Waals surface area contributed by atoms with Crippen molar-refractivity contribution in [3.63, 3.8) is 0 Å². The van der Waals surface area contributed by atoms with Gasteiger partial charge >= 0.3 is 0 Å². The Balaban J connectivity index is 2.15. The summed E-state index contributed by atoms with van der Waals surface area (Å²) in [4.78, 5) is 4.03. The lowest BCUT2D eigenvalue weighted by atomic mass is 10.2. The molecular formula is C13H11ClFNO2. The number of pyridine rings is 1. The summed E-state index contributed by atoms with van der Waals surface area (Å²) < 4.78 is 18.4. The predicted octanol–water partition coefficient (Wildman–Crippen LogP) is 3.72. The first-order valence-corrected chi connectivity index (χ1v) is 5.71. The summed E-state index contributed by atoms with van der Waals surface area (Å²) in [7, 11) is 0. The van der Waals surface area contributed by atoms with Gasteiger partial charge in [-0.3, -0.25) is 0 Å². The van der Waals surface area contributed by atoms with Crippen LogP contribution in [0.1, 0.15) is 18.6 Å². The van der Waals surface area contributed by atoms with Crippen molar-refractivity contribution in [2.75, 3.05) is 0 Å². The van der Waals surface area contributed by atoms with Crippen LogP contribution in [0.15, 0.2) is 36.5 Å². The Morgan fingerprint density at radius 3 is 2.67 bits per heavy atom. The Kier molecular flexibility index (Phi) is 3.79. The molecule has 0 radical (unpaired) electrons. The molecule has 18 heavy (non-hydrogen) atoms. The molecule has 0 saturated heterocycles. The number of hydrogen-bond acceptors (Lipinski definition) is 3. The minimum atomic E-state index is -0.577. The second kappa shape index (κ2) is 5.33. The number of benzene rings is 1. The standard InChI is InChI=1S/C13H11ClFNO2/c1-8(17)9-2-5-13(16-7-9)18-10-3-4-12(15)11(14)6-10/h2-8,17H,1H3/t8-/m1/s1. The van der Waals surface area contributed by atoms with E-state index in [1.165, 1.54) is 24.4 Å². The maximum atomic E-state index is 12.9. The second-order valence-electron chi connectivity index (χ2n) is 3.78. The molecule has 0 spiro atoms. The molecule has 2 rings (SSSR count). The van der Waals surface area contributed by atoms with E-state index in [4.69, 9.17) is 16.3 Å². The van der Waals surface area contributed by atoms with Crippen molar-refractivity contribution in [3.05, 3.63) is 52.9 Å². The zero-order chi connectivity index (χ0) is 13.1. The quantitative estimate of drug-likeness (QED) is 0.922. The van der Waals surface area contributed by atoms with Gasteiger partial charge in [0, 0.05) is 18.3 Å². The number of aromatic nitrogens is 1. The molecule has 94 valence electrons. The molecule has 1 aromatic heterocycles. The fraction of sp³-hybridized carbons (Fsp3) is 0.154. The Morgan fingerprint density at radius 1 is 1.33 bits per heavy atom. The first-order valence-electron chi connectivity index (χ1n) is 5.33. The molecular weight excluding hydrogens is 257 g/mol. The SMILES string of the molecule is C[C@@H](O)c1ccc(Oc2ccc(F)c(Cl)c2)nc1. The molecule has 0 aliphatic rings. The summed E-state index contributed by atoms with van der Waals surface area (Å²) in [6, 6.07) is 7.39. The zero-order valence-electron chi connectivity index (χ0n) is 9.60. The zero-order valence-corrected chi connectivity index (χ0v) is 10.4. The number of halogens is 2. The van der Waals surface area contributed by atoms with Gasteiger partial charge in [0.05, 0.1) is 11.1 Å². The molecule has 0 amide bonds. The number of nitrogens with zero attached hydrogens (tertiary/aromatic N) is 1. The van der Waals surface area contributed by atoms with Crippen LogP contribution in [-0.4, -0.2) is 10.1 Å². The highest BCUT2D eigenvalue weighted by atomic mass is 35.5. The van der Waals surface area contributed by atoms with Crippen LogP contribution in [0.4, 0.5) is 4.39 Å². The van der Waals surface area contributed by atoms with Crippen molar-refractivity contribution in [3.8, 4) is 11.6 Å². The first kappa shape index (κ1) is 12.8. The highest BCUT2D eigenvalue weighted by Crippen LogP contribution is 2.25. The van der Waals surface area contributed by atoms with Crippen LogP contribution >= 0.6 is 11.6 Å². The predicted molar refractivity (Wildman–Crippen MR) is 66.4 cm³/mol. The van der Waals surface area contributed by atoms with Crippen LogP contribution in [0.25, 0.3) is 0 Å². The van der Waals surface area contributed by atoms with Gasteiger partial charge in [-0.1, -0.05) is 11.6 Å². The number of ether oxygens (including phenoxy) is 1. The van der Waals surface area contributed by atoms with E-state index in [0.717, 1.165) is 0 Å². The van der Waals surface area contributed by atoms with Crippen LogP contribution in [0, 0.1) is 5.82 Å². The Labute approximate surface area is 109 Å². The Bertz CT molecular complexity index is 543. The highest BCUT2D eigenvalue weighted by Gasteiger charge is 2.05. The number of hydrogen-bond donors (Lipinski definition) is 1. The van der Waals surface area contributed by atoms with Gasteiger partial charge in [-0.2, -0.15) is 0 Å². The average Bonchev–Trinajstić information content (AvgIpc) is 2.34. The van der Waals surface area contributed by atoms with Gasteiger partial charge in [0.15, 0.2) is 0 Å². The molecule has 0 saturated carbocycles. The molecule has 0 fully saturated rings. The van der Waals surface area contributed by atoms with E-state index in [-0.39, 0.29) is 5.02 Å². The van der Waals surface area contributed by atoms with E-state index < -0.39 is 11.9 Å². The Morgan fingerprint density at radius 2 is 2.11 bits per heavy atom. The molecule has 0 bridgehead atoms. The lowest BCUT2D eigenvalue weighted by molar-refractivity contribution is 0.198. The van der Waals surface area contributed by atoms with Gasteiger partial charge in [0.1, 0.15) is 11.6 Å². The minimum absolute atomic E-state index is 0.00639. The van der Waals surface area contributed by atoms with Crippen molar-refractivity contribution in [1.29, 1.82) is 0 Å². The van der Waals surface area contributed by atoms with E-state index in [1.807, 2.05) is 0 Å². The summed E-state index contributed by atoms with van der Waals surface area (Å²) in [6.45, 7) is 1.65. The lowest BCUT2D eigenvalue weighted by Gasteiger charge is -2.07. The Hall–Kier alpha value is -1.65. The topological polar surface area (TPSA) is 42.4 Å². The van der Waals surface area contributed by atoms with Crippen molar-refractivity contribution in [1.82, 2.24) is 4.98 Å². The number of rotatable bonds is 3. The van der Waals surface area contributed by atoms with Gasteiger partial charge in [0.2, 0.25) is 5.88 Å². The second-order valence-corrected chi connectivity index (χ2v) is 4.19. The molecule has 3 nitrogen and oxygen atoms in total. The number of aliphatic hydroxyl groups excluding tert-OH is 1. The van der Waals surface area contributed by atoms with Crippen LogP contribution < -0.4 is 4.74 Å². The van der Waals surface area contributed by atoms with Crippen molar-refractivity contribution < 1.29 is 14.2 Å². The maximum absolute atomic E-state index is 12.9. The van der Waals surface area contributed by atoms with Crippen molar-refractivity contribution >= 4 is 11.6 Å². The summed E-state index contributed by atoms with van der Waals surface area (Å²) >= 11 is 5.64. The van der Waals surface area contributed by atoms with Gasteiger partial charge in [-0.15, -0.1) is 0 Å². The first-order chi connectivity index (χ1) is 8.56. The summed E-state index contributed by atoms with van der Waals surface area (Å²) in [5.74, 6) is 0.252. The van der Waals surface area contributed by atoms with Gasteiger partial charge in [-0.25, -0.2) is 9.37 Å². The van der Waals surface area contributed by atoms with Crippen LogP contribution in [0.3, 0.4) is 0 Å². The molecule has 0 aliphatic carbocycles. The van der Waals surface area contributed by atoms with Crippen LogP contribution in [0.5, 0.6) is 11.6 Å².